The fourth-order valence-corrected chi connectivity index (χ4v) is 2.13. The first-order chi connectivity index (χ1) is 9.58. The van der Waals surface area contributed by atoms with Gasteiger partial charge in [0.15, 0.2) is 0 Å². The first-order valence-corrected chi connectivity index (χ1v) is 7.20. The Morgan fingerprint density at radius 3 is 2.35 bits per heavy atom. The van der Waals surface area contributed by atoms with Gasteiger partial charge in [-0.15, -0.1) is 0 Å². The molecule has 0 amide bonds. The van der Waals surface area contributed by atoms with E-state index < -0.39 is 5.97 Å². The molecule has 0 saturated heterocycles. The molecule has 0 unspecified atom stereocenters. The summed E-state index contributed by atoms with van der Waals surface area (Å²) < 4.78 is 0. The Hall–Kier alpha value is -1.39. The first-order valence-electron chi connectivity index (χ1n) is 7.20. The fraction of sp³-hybridized carbons (Fsp3) is 0.562. The third-order valence-corrected chi connectivity index (χ3v) is 3.28. The predicted molar refractivity (Wildman–Crippen MR) is 82.0 cm³/mol. The van der Waals surface area contributed by atoms with E-state index in [9.17, 15) is 4.79 Å². The highest BCUT2D eigenvalue weighted by molar-refractivity contribution is 5.66. The molecule has 0 fully saturated rings. The molecule has 0 aliphatic rings. The average Bonchev–Trinajstić information content (AvgIpc) is 2.42. The molecule has 0 heterocycles. The first kappa shape index (κ1) is 16.7. The van der Waals surface area contributed by atoms with Crippen molar-refractivity contribution in [3.8, 4) is 0 Å². The predicted octanol–water partition coefficient (Wildman–Crippen LogP) is 1.96. The van der Waals surface area contributed by atoms with Crippen molar-refractivity contribution < 1.29 is 9.90 Å². The number of hydrogen-bond acceptors (Lipinski definition) is 3. The molecule has 1 aromatic carbocycles. The molecule has 1 N–H and O–H groups in total. The van der Waals surface area contributed by atoms with Crippen molar-refractivity contribution in [1.29, 1.82) is 0 Å². The highest BCUT2D eigenvalue weighted by Gasteiger charge is 2.08. The van der Waals surface area contributed by atoms with Crippen LogP contribution in [-0.2, 0) is 11.2 Å². The molecule has 0 aromatic heterocycles. The van der Waals surface area contributed by atoms with Crippen molar-refractivity contribution >= 4 is 5.97 Å². The van der Waals surface area contributed by atoms with Gasteiger partial charge in [0.05, 0.1) is 6.42 Å². The van der Waals surface area contributed by atoms with E-state index in [-0.39, 0.29) is 6.42 Å². The largest absolute Gasteiger partial charge is 0.481 e. The van der Waals surface area contributed by atoms with Crippen LogP contribution in [0.2, 0.25) is 0 Å². The van der Waals surface area contributed by atoms with Crippen LogP contribution < -0.4 is 0 Å². The van der Waals surface area contributed by atoms with Crippen LogP contribution in [-0.4, -0.2) is 61.2 Å². The number of hydrogen-bond donors (Lipinski definition) is 1. The van der Waals surface area contributed by atoms with E-state index in [0.29, 0.717) is 6.54 Å². The maximum atomic E-state index is 10.7. The molecule has 0 aliphatic carbocycles. The Kier molecular flexibility index (Phi) is 7.92. The molecular weight excluding hydrogens is 252 g/mol. The summed E-state index contributed by atoms with van der Waals surface area (Å²) in [5.74, 6) is -0.720. The van der Waals surface area contributed by atoms with Crippen LogP contribution in [0.3, 0.4) is 0 Å². The average molecular weight is 278 g/mol. The van der Waals surface area contributed by atoms with Gasteiger partial charge in [-0.1, -0.05) is 30.3 Å². The van der Waals surface area contributed by atoms with Crippen LogP contribution in [0.4, 0.5) is 0 Å². The number of benzene rings is 1. The van der Waals surface area contributed by atoms with Crippen molar-refractivity contribution in [2.45, 2.75) is 19.3 Å². The highest BCUT2D eigenvalue weighted by Crippen LogP contribution is 2.03. The minimum absolute atomic E-state index is 0.219. The lowest BCUT2D eigenvalue weighted by molar-refractivity contribution is -0.137. The zero-order valence-corrected chi connectivity index (χ0v) is 12.6. The Balaban J connectivity index is 2.38. The second kappa shape index (κ2) is 9.50. The molecule has 0 bridgehead atoms. The minimum Gasteiger partial charge on any atom is -0.481 e. The number of carboxylic acid groups (broad SMARTS) is 1. The Morgan fingerprint density at radius 2 is 1.75 bits per heavy atom. The number of carboxylic acids is 1. The summed E-state index contributed by atoms with van der Waals surface area (Å²) in [5, 5.41) is 8.83. The zero-order chi connectivity index (χ0) is 14.8. The lowest BCUT2D eigenvalue weighted by atomic mass is 10.1. The summed E-state index contributed by atoms with van der Waals surface area (Å²) in [4.78, 5) is 15.1. The van der Waals surface area contributed by atoms with Gasteiger partial charge in [0.1, 0.15) is 0 Å². The molecule has 0 spiro atoms. The molecule has 0 atom stereocenters. The Labute approximate surface area is 122 Å². The van der Waals surface area contributed by atoms with Crippen molar-refractivity contribution in [2.75, 3.05) is 40.3 Å². The van der Waals surface area contributed by atoms with E-state index in [1.165, 1.54) is 5.56 Å². The second-order valence-corrected chi connectivity index (χ2v) is 5.38. The summed E-state index contributed by atoms with van der Waals surface area (Å²) in [5.41, 5.74) is 1.31. The molecule has 1 aromatic rings. The van der Waals surface area contributed by atoms with E-state index in [4.69, 9.17) is 5.11 Å². The van der Waals surface area contributed by atoms with Crippen LogP contribution in [0.25, 0.3) is 0 Å². The number of rotatable bonds is 10. The van der Waals surface area contributed by atoms with Crippen molar-refractivity contribution in [1.82, 2.24) is 9.80 Å². The van der Waals surface area contributed by atoms with Gasteiger partial charge in [0, 0.05) is 13.1 Å². The van der Waals surface area contributed by atoms with Crippen LogP contribution in [0.1, 0.15) is 18.4 Å². The lowest BCUT2D eigenvalue weighted by Crippen LogP contribution is -2.31. The SMILES string of the molecule is CN(C)CCCN(CCC(=O)O)CCc1ccccc1. The van der Waals surface area contributed by atoms with Gasteiger partial charge in [-0.25, -0.2) is 0 Å². The van der Waals surface area contributed by atoms with E-state index >= 15 is 0 Å². The molecule has 0 saturated carbocycles. The van der Waals surface area contributed by atoms with Crippen LogP contribution >= 0.6 is 0 Å². The third-order valence-electron chi connectivity index (χ3n) is 3.28. The lowest BCUT2D eigenvalue weighted by Gasteiger charge is -2.22. The quantitative estimate of drug-likeness (QED) is 0.710. The summed E-state index contributed by atoms with van der Waals surface area (Å²) in [6.07, 6.45) is 2.26. The number of nitrogens with zero attached hydrogens (tertiary/aromatic N) is 2. The van der Waals surface area contributed by atoms with Gasteiger partial charge in [0.25, 0.3) is 0 Å². The molecule has 112 valence electrons. The summed E-state index contributed by atoms with van der Waals surface area (Å²) in [6, 6.07) is 10.3. The smallest absolute Gasteiger partial charge is 0.304 e. The maximum absolute atomic E-state index is 10.7. The minimum atomic E-state index is -0.720. The molecule has 1 rings (SSSR count). The Bertz CT molecular complexity index is 379. The van der Waals surface area contributed by atoms with Crippen molar-refractivity contribution in [3.05, 3.63) is 35.9 Å². The maximum Gasteiger partial charge on any atom is 0.304 e. The molecule has 4 heteroatoms. The summed E-state index contributed by atoms with van der Waals surface area (Å²) >= 11 is 0. The van der Waals surface area contributed by atoms with E-state index in [1.807, 2.05) is 18.2 Å². The summed E-state index contributed by atoms with van der Waals surface area (Å²) in [6.45, 7) is 3.55. The van der Waals surface area contributed by atoms with Gasteiger partial charge in [0.2, 0.25) is 0 Å². The van der Waals surface area contributed by atoms with Crippen LogP contribution in [0.15, 0.2) is 30.3 Å². The van der Waals surface area contributed by atoms with Crippen LogP contribution in [0.5, 0.6) is 0 Å². The standard InChI is InChI=1S/C16H26N2O2/c1-17(2)11-6-12-18(14-10-16(19)20)13-9-15-7-4-3-5-8-15/h3-5,7-8H,6,9-14H2,1-2H3,(H,19,20). The molecule has 0 aliphatic heterocycles. The van der Waals surface area contributed by atoms with Crippen LogP contribution in [0, 0.1) is 0 Å². The second-order valence-electron chi connectivity index (χ2n) is 5.38. The van der Waals surface area contributed by atoms with E-state index in [1.54, 1.807) is 0 Å². The number of aliphatic carboxylic acids is 1. The van der Waals surface area contributed by atoms with Crippen molar-refractivity contribution in [3.63, 3.8) is 0 Å². The fourth-order valence-electron chi connectivity index (χ4n) is 2.13. The molecule has 4 nitrogen and oxygen atoms in total. The van der Waals surface area contributed by atoms with E-state index in [2.05, 4.69) is 36.0 Å². The normalized spacial score (nSPS) is 11.2. The summed E-state index contributed by atoms with van der Waals surface area (Å²) in [7, 11) is 4.12. The highest BCUT2D eigenvalue weighted by atomic mass is 16.4. The molecule has 0 radical (unpaired) electrons. The molecular formula is C16H26N2O2. The zero-order valence-electron chi connectivity index (χ0n) is 12.6. The van der Waals surface area contributed by atoms with E-state index in [0.717, 1.165) is 32.5 Å². The van der Waals surface area contributed by atoms with Gasteiger partial charge >= 0.3 is 5.97 Å². The molecule has 20 heavy (non-hydrogen) atoms. The topological polar surface area (TPSA) is 43.8 Å². The Morgan fingerprint density at radius 1 is 1.05 bits per heavy atom. The monoisotopic (exact) mass is 278 g/mol. The van der Waals surface area contributed by atoms with Crippen molar-refractivity contribution in [2.24, 2.45) is 0 Å². The third kappa shape index (κ3) is 7.92. The van der Waals surface area contributed by atoms with Gasteiger partial charge in [-0.3, -0.25) is 4.79 Å². The number of carbonyl (C=O) groups is 1. The van der Waals surface area contributed by atoms with Gasteiger partial charge in [-0.2, -0.15) is 0 Å². The van der Waals surface area contributed by atoms with Gasteiger partial charge < -0.3 is 14.9 Å². The van der Waals surface area contributed by atoms with Gasteiger partial charge in [-0.05, 0) is 45.6 Å².